The van der Waals surface area contributed by atoms with E-state index in [1.807, 2.05) is 24.3 Å². The van der Waals surface area contributed by atoms with Crippen LogP contribution in [0.25, 0.3) is 10.2 Å². The summed E-state index contributed by atoms with van der Waals surface area (Å²) in [6, 6.07) is 8.41. The molecule has 7 nitrogen and oxygen atoms in total. The second-order valence-corrected chi connectivity index (χ2v) is 9.22. The Kier molecular flexibility index (Phi) is 5.78. The minimum absolute atomic E-state index is 0.336. The number of carbonyl (C=O) groups excluding carboxylic acids is 2. The average molecular weight is 468 g/mol. The first-order valence-electron chi connectivity index (χ1n) is 9.22. The molecule has 1 aromatic carbocycles. The van der Waals surface area contributed by atoms with Crippen LogP contribution in [-0.2, 0) is 11.2 Å². The molecule has 1 aliphatic rings. The number of carbonyl (C=O) groups is 2. The Hall–Kier alpha value is -2.10. The fourth-order valence-electron chi connectivity index (χ4n) is 3.92. The Balaban J connectivity index is 1.61. The van der Waals surface area contributed by atoms with Crippen LogP contribution >= 0.6 is 34.5 Å². The topological polar surface area (TPSA) is 106 Å². The lowest BCUT2D eigenvalue weighted by Crippen LogP contribution is -2.48. The van der Waals surface area contributed by atoms with E-state index in [0.717, 1.165) is 15.8 Å². The van der Waals surface area contributed by atoms with Crippen molar-refractivity contribution in [3.8, 4) is 0 Å². The number of aromatic amines is 1. The molecule has 1 aliphatic carbocycles. The van der Waals surface area contributed by atoms with E-state index in [-0.39, 0.29) is 5.91 Å². The minimum atomic E-state index is -1.51. The molecule has 0 radical (unpaired) electrons. The molecule has 2 heterocycles. The molecule has 0 bridgehead atoms. The molecule has 0 spiro atoms. The number of benzene rings is 1. The number of thiophene rings is 1. The summed E-state index contributed by atoms with van der Waals surface area (Å²) < 4.78 is 1.23. The largest absolute Gasteiger partial charge is 0.393 e. The van der Waals surface area contributed by atoms with Crippen molar-refractivity contribution in [3.63, 3.8) is 0 Å². The minimum Gasteiger partial charge on any atom is -0.393 e. The maximum Gasteiger partial charge on any atom is 0.268 e. The zero-order chi connectivity index (χ0) is 21.6. The first kappa shape index (κ1) is 21.1. The van der Waals surface area contributed by atoms with Gasteiger partial charge in [0.05, 0.1) is 33.9 Å². The number of aliphatic hydroxyl groups is 2. The highest BCUT2D eigenvalue weighted by Crippen LogP contribution is 2.39. The highest BCUT2D eigenvalue weighted by molar-refractivity contribution is 7.23. The van der Waals surface area contributed by atoms with Gasteiger partial charge in [-0.3, -0.25) is 9.59 Å². The normalized spacial score (nSPS) is 19.0. The maximum atomic E-state index is 12.9. The second-order valence-electron chi connectivity index (χ2n) is 7.19. The molecule has 30 heavy (non-hydrogen) atoms. The van der Waals surface area contributed by atoms with E-state index in [9.17, 15) is 14.7 Å². The van der Waals surface area contributed by atoms with E-state index < -0.39 is 30.7 Å². The number of H-pyrrole nitrogens is 1. The number of amides is 2. The van der Waals surface area contributed by atoms with Crippen molar-refractivity contribution in [1.82, 2.24) is 15.2 Å². The van der Waals surface area contributed by atoms with Gasteiger partial charge in [-0.15, -0.1) is 11.3 Å². The van der Waals surface area contributed by atoms with Gasteiger partial charge in [0.15, 0.2) is 6.10 Å². The van der Waals surface area contributed by atoms with Gasteiger partial charge in [-0.1, -0.05) is 47.5 Å². The Labute approximate surface area is 186 Å². The highest BCUT2D eigenvalue weighted by Gasteiger charge is 2.39. The number of likely N-dealkylation sites (N-methyl/N-ethyl adjacent to an activating group) is 1. The van der Waals surface area contributed by atoms with Crippen LogP contribution in [0.2, 0.25) is 9.36 Å². The van der Waals surface area contributed by atoms with Crippen LogP contribution in [0.5, 0.6) is 0 Å². The van der Waals surface area contributed by atoms with Crippen molar-refractivity contribution in [2.75, 3.05) is 13.7 Å². The molecule has 0 fully saturated rings. The predicted octanol–water partition coefficient (Wildman–Crippen LogP) is 2.74. The lowest BCUT2D eigenvalue weighted by atomic mass is 10.0. The molecule has 3 aromatic rings. The van der Waals surface area contributed by atoms with Gasteiger partial charge in [0.1, 0.15) is 10.0 Å². The second kappa shape index (κ2) is 8.20. The van der Waals surface area contributed by atoms with Crippen molar-refractivity contribution >= 4 is 56.6 Å². The van der Waals surface area contributed by atoms with Gasteiger partial charge in [0, 0.05) is 7.05 Å². The van der Waals surface area contributed by atoms with Gasteiger partial charge in [-0.25, -0.2) is 0 Å². The molecule has 2 amide bonds. The van der Waals surface area contributed by atoms with E-state index in [0.29, 0.717) is 27.0 Å². The Bertz CT molecular complexity index is 1130. The average Bonchev–Trinajstić information content (AvgIpc) is 3.39. The van der Waals surface area contributed by atoms with Crippen molar-refractivity contribution in [3.05, 3.63) is 56.5 Å². The smallest absolute Gasteiger partial charge is 0.268 e. The Morgan fingerprint density at radius 1 is 1.37 bits per heavy atom. The Morgan fingerprint density at radius 3 is 2.80 bits per heavy atom. The SMILES string of the molecule is CN(C(=O)[C@H](O)CO)[C@@H]1c2ccccc2C[C@H]1NC(=O)c1cc2sc(Cl)c(Cl)c2[nH]1. The van der Waals surface area contributed by atoms with Crippen molar-refractivity contribution in [1.29, 1.82) is 0 Å². The van der Waals surface area contributed by atoms with Crippen LogP contribution in [0.1, 0.15) is 27.7 Å². The van der Waals surface area contributed by atoms with E-state index in [1.54, 1.807) is 13.1 Å². The fourth-order valence-corrected chi connectivity index (χ4v) is 5.40. The Morgan fingerprint density at radius 2 is 2.10 bits per heavy atom. The van der Waals surface area contributed by atoms with Crippen LogP contribution in [0.3, 0.4) is 0 Å². The number of halogens is 2. The number of fused-ring (bicyclic) bond motifs is 2. The van der Waals surface area contributed by atoms with Crippen LogP contribution in [0.15, 0.2) is 30.3 Å². The van der Waals surface area contributed by atoms with Gasteiger partial charge in [0.2, 0.25) is 0 Å². The molecule has 2 aromatic heterocycles. The lowest BCUT2D eigenvalue weighted by Gasteiger charge is -2.32. The highest BCUT2D eigenvalue weighted by atomic mass is 35.5. The number of hydrogen-bond acceptors (Lipinski definition) is 5. The van der Waals surface area contributed by atoms with Crippen LogP contribution in [0, 0.1) is 0 Å². The summed E-state index contributed by atoms with van der Waals surface area (Å²) in [5, 5.41) is 22.3. The zero-order valence-electron chi connectivity index (χ0n) is 15.9. The van der Waals surface area contributed by atoms with Crippen LogP contribution < -0.4 is 5.32 Å². The number of rotatable bonds is 5. The number of aromatic nitrogens is 1. The number of aliphatic hydroxyl groups excluding tert-OH is 2. The third-order valence-electron chi connectivity index (χ3n) is 5.35. The monoisotopic (exact) mass is 467 g/mol. The predicted molar refractivity (Wildman–Crippen MR) is 116 cm³/mol. The van der Waals surface area contributed by atoms with E-state index in [1.165, 1.54) is 16.2 Å². The first-order chi connectivity index (χ1) is 14.3. The standard InChI is InChI=1S/C20H19Cl2N3O4S/c1-25(20(29)13(27)8-26)17-10-5-3-2-4-9(10)6-11(17)24-19(28)12-7-14-16(23-12)15(21)18(22)30-14/h2-5,7,11,13,17,23,26-27H,6,8H2,1H3,(H,24,28)/t11-,13-,17-/m1/s1. The summed E-state index contributed by atoms with van der Waals surface area (Å²) in [6.07, 6.45) is -0.984. The molecule has 10 heteroatoms. The summed E-state index contributed by atoms with van der Waals surface area (Å²) in [6.45, 7) is -0.670. The van der Waals surface area contributed by atoms with E-state index in [2.05, 4.69) is 10.3 Å². The number of nitrogens with one attached hydrogen (secondary N) is 2. The molecular weight excluding hydrogens is 449 g/mol. The van der Waals surface area contributed by atoms with Crippen molar-refractivity contribution in [2.24, 2.45) is 0 Å². The quantitative estimate of drug-likeness (QED) is 0.462. The lowest BCUT2D eigenvalue weighted by molar-refractivity contribution is -0.143. The third kappa shape index (κ3) is 3.59. The van der Waals surface area contributed by atoms with Crippen LogP contribution in [0.4, 0.5) is 0 Å². The molecule has 0 saturated heterocycles. The molecule has 0 aliphatic heterocycles. The number of hydrogen-bond donors (Lipinski definition) is 4. The molecule has 158 valence electrons. The van der Waals surface area contributed by atoms with Gasteiger partial charge in [-0.05, 0) is 23.6 Å². The van der Waals surface area contributed by atoms with E-state index in [4.69, 9.17) is 28.3 Å². The van der Waals surface area contributed by atoms with E-state index >= 15 is 0 Å². The van der Waals surface area contributed by atoms with Gasteiger partial charge < -0.3 is 25.4 Å². The van der Waals surface area contributed by atoms with Crippen molar-refractivity contribution < 1.29 is 19.8 Å². The van der Waals surface area contributed by atoms with Crippen molar-refractivity contribution in [2.45, 2.75) is 24.6 Å². The van der Waals surface area contributed by atoms with Crippen LogP contribution in [-0.4, -0.2) is 57.7 Å². The zero-order valence-corrected chi connectivity index (χ0v) is 18.2. The summed E-state index contributed by atoms with van der Waals surface area (Å²) in [7, 11) is 1.56. The van der Waals surface area contributed by atoms with Gasteiger partial charge >= 0.3 is 0 Å². The first-order valence-corrected chi connectivity index (χ1v) is 10.8. The number of nitrogens with zero attached hydrogens (tertiary/aromatic N) is 1. The summed E-state index contributed by atoms with van der Waals surface area (Å²) in [4.78, 5) is 29.8. The fraction of sp³-hybridized carbons (Fsp3) is 0.300. The summed E-state index contributed by atoms with van der Waals surface area (Å²) in [5.41, 5.74) is 2.86. The maximum absolute atomic E-state index is 12.9. The molecular formula is C20H19Cl2N3O4S. The summed E-state index contributed by atoms with van der Waals surface area (Å²) >= 11 is 13.5. The molecule has 3 atom stereocenters. The summed E-state index contributed by atoms with van der Waals surface area (Å²) in [5.74, 6) is -0.947. The van der Waals surface area contributed by atoms with Gasteiger partial charge in [0.25, 0.3) is 11.8 Å². The molecule has 0 unspecified atom stereocenters. The molecule has 4 rings (SSSR count). The molecule has 0 saturated carbocycles. The van der Waals surface area contributed by atoms with Gasteiger partial charge in [-0.2, -0.15) is 0 Å². The molecule has 4 N–H and O–H groups in total. The third-order valence-corrected chi connectivity index (χ3v) is 7.28.